The van der Waals surface area contributed by atoms with Crippen molar-refractivity contribution in [3.63, 3.8) is 0 Å². The predicted octanol–water partition coefficient (Wildman–Crippen LogP) is 2.89. The van der Waals surface area contributed by atoms with Crippen molar-refractivity contribution in [2.24, 2.45) is 5.16 Å². The normalized spacial score (nSPS) is 15.8. The molecule has 0 saturated carbocycles. The first-order valence-electron chi connectivity index (χ1n) is 8.24. The highest BCUT2D eigenvalue weighted by molar-refractivity contribution is 7.18. The Morgan fingerprint density at radius 3 is 2.78 bits per heavy atom. The lowest BCUT2D eigenvalue weighted by Crippen LogP contribution is -2.39. The monoisotopic (exact) mass is 409 g/mol. The van der Waals surface area contributed by atoms with Crippen LogP contribution in [0, 0.1) is 12.7 Å². The molecule has 1 atom stereocenters. The molecule has 3 rings (SSSR count). The Bertz CT molecular complexity index is 900. The van der Waals surface area contributed by atoms with E-state index in [1.807, 2.05) is 6.07 Å². The summed E-state index contributed by atoms with van der Waals surface area (Å²) < 4.78 is 14.1. The van der Waals surface area contributed by atoms with E-state index in [1.54, 1.807) is 25.1 Å². The van der Waals surface area contributed by atoms with Gasteiger partial charge in [-0.3, -0.25) is 9.59 Å². The number of nitrogens with one attached hydrogen (secondary N) is 2. The summed E-state index contributed by atoms with van der Waals surface area (Å²) in [5.74, 6) is -1.15. The van der Waals surface area contributed by atoms with Gasteiger partial charge in [0.05, 0.1) is 9.21 Å². The van der Waals surface area contributed by atoms with E-state index in [-0.39, 0.29) is 24.6 Å². The second-order valence-electron chi connectivity index (χ2n) is 5.95. The zero-order chi connectivity index (χ0) is 19.4. The molecule has 0 radical (unpaired) electrons. The fourth-order valence-electron chi connectivity index (χ4n) is 2.44. The number of hydrogen-bond acceptors (Lipinski definition) is 5. The van der Waals surface area contributed by atoms with Crippen LogP contribution in [-0.4, -0.2) is 36.7 Å². The molecule has 0 spiro atoms. The number of amides is 2. The summed E-state index contributed by atoms with van der Waals surface area (Å²) >= 11 is 7.27. The molecule has 2 heterocycles. The third-order valence-corrected chi connectivity index (χ3v) is 5.24. The summed E-state index contributed by atoms with van der Waals surface area (Å²) in [6.07, 6.45) is -0.347. The maximum Gasteiger partial charge on any atom is 0.264 e. The van der Waals surface area contributed by atoms with Gasteiger partial charge in [0, 0.05) is 25.1 Å². The van der Waals surface area contributed by atoms with E-state index in [2.05, 4.69) is 15.8 Å². The van der Waals surface area contributed by atoms with Gasteiger partial charge in [-0.2, -0.15) is 0 Å². The minimum atomic E-state index is -0.706. The van der Waals surface area contributed by atoms with Crippen LogP contribution in [0.3, 0.4) is 0 Å². The zero-order valence-corrected chi connectivity index (χ0v) is 16.0. The summed E-state index contributed by atoms with van der Waals surface area (Å²) in [4.78, 5) is 30.1. The minimum Gasteiger partial charge on any atom is -0.382 e. The molecule has 2 amide bonds. The lowest BCUT2D eigenvalue weighted by Gasteiger charge is -2.10. The molecule has 0 unspecified atom stereocenters. The van der Waals surface area contributed by atoms with Crippen LogP contribution in [0.5, 0.6) is 0 Å². The van der Waals surface area contributed by atoms with Gasteiger partial charge in [-0.15, -0.1) is 11.3 Å². The molecule has 0 fully saturated rings. The zero-order valence-electron chi connectivity index (χ0n) is 14.4. The van der Waals surface area contributed by atoms with E-state index in [4.69, 9.17) is 16.4 Å². The molecule has 1 aromatic carbocycles. The lowest BCUT2D eigenvalue weighted by molar-refractivity contribution is -0.131. The number of rotatable bonds is 6. The van der Waals surface area contributed by atoms with Gasteiger partial charge in [0.2, 0.25) is 6.10 Å². The Labute approximate surface area is 164 Å². The molecular formula is C18H17ClFN3O3S. The number of nitrogens with zero attached hydrogens (tertiary/aromatic N) is 1. The molecule has 1 aliphatic rings. The van der Waals surface area contributed by atoms with Crippen molar-refractivity contribution in [2.45, 2.75) is 19.4 Å². The number of carbonyl (C=O) groups is 2. The third-order valence-electron chi connectivity index (χ3n) is 3.96. The minimum absolute atomic E-state index is 0.209. The van der Waals surface area contributed by atoms with E-state index in [9.17, 15) is 14.0 Å². The summed E-state index contributed by atoms with van der Waals surface area (Å²) in [5, 5.41) is 9.24. The highest BCUT2D eigenvalue weighted by Gasteiger charge is 2.29. The second kappa shape index (κ2) is 8.49. The average molecular weight is 410 g/mol. The fourth-order valence-corrected chi connectivity index (χ4v) is 3.48. The van der Waals surface area contributed by atoms with Crippen molar-refractivity contribution in [1.82, 2.24) is 10.6 Å². The van der Waals surface area contributed by atoms with Gasteiger partial charge in [-0.05, 0) is 36.8 Å². The molecule has 0 saturated heterocycles. The summed E-state index contributed by atoms with van der Waals surface area (Å²) in [5.41, 5.74) is 1.39. The lowest BCUT2D eigenvalue weighted by atomic mass is 10.1. The van der Waals surface area contributed by atoms with Crippen molar-refractivity contribution >= 4 is 40.5 Å². The maximum atomic E-state index is 13.5. The first kappa shape index (κ1) is 19.3. The molecular weight excluding hydrogens is 393 g/mol. The van der Waals surface area contributed by atoms with Gasteiger partial charge < -0.3 is 15.5 Å². The Morgan fingerprint density at radius 2 is 2.07 bits per heavy atom. The number of aryl methyl sites for hydroxylation is 1. The Morgan fingerprint density at radius 1 is 1.30 bits per heavy atom. The predicted molar refractivity (Wildman–Crippen MR) is 102 cm³/mol. The number of halogens is 2. The molecule has 142 valence electrons. The molecule has 9 heteroatoms. The summed E-state index contributed by atoms with van der Waals surface area (Å²) in [6.45, 7) is 2.06. The van der Waals surface area contributed by atoms with Crippen LogP contribution in [0.15, 0.2) is 35.5 Å². The van der Waals surface area contributed by atoms with E-state index in [0.717, 1.165) is 4.88 Å². The van der Waals surface area contributed by atoms with Crippen LogP contribution in [0.1, 0.15) is 27.2 Å². The van der Waals surface area contributed by atoms with E-state index in [1.165, 1.54) is 17.4 Å². The van der Waals surface area contributed by atoms with Crippen LogP contribution in [0.2, 0.25) is 4.34 Å². The van der Waals surface area contributed by atoms with Crippen LogP contribution in [0.4, 0.5) is 4.39 Å². The average Bonchev–Trinajstić information content (AvgIpc) is 3.29. The van der Waals surface area contributed by atoms with Gasteiger partial charge in [0.25, 0.3) is 11.8 Å². The topological polar surface area (TPSA) is 79.8 Å². The second-order valence-corrected chi connectivity index (χ2v) is 7.67. The molecule has 6 nitrogen and oxygen atoms in total. The Hall–Kier alpha value is -2.45. The van der Waals surface area contributed by atoms with E-state index in [0.29, 0.717) is 22.0 Å². The van der Waals surface area contributed by atoms with E-state index < -0.39 is 17.8 Å². The molecule has 27 heavy (non-hydrogen) atoms. The van der Waals surface area contributed by atoms with Crippen molar-refractivity contribution in [3.05, 3.63) is 56.5 Å². The number of thiophene rings is 1. The fraction of sp³-hybridized carbons (Fsp3) is 0.278. The molecule has 2 N–H and O–H groups in total. The highest BCUT2D eigenvalue weighted by atomic mass is 35.5. The van der Waals surface area contributed by atoms with E-state index >= 15 is 0 Å². The van der Waals surface area contributed by atoms with Crippen LogP contribution in [0.25, 0.3) is 0 Å². The standard InChI is InChI=1S/C18H17ClFN3O3S/c1-10-2-3-11(8-12(10)20)17(24)21-6-7-22-18(25)14-9-13(23-26-14)15-4-5-16(19)27-15/h2-5,8,14H,6-7,9H2,1H3,(H,21,24)(H,22,25)/t14-/m1/s1. The van der Waals surface area contributed by atoms with Crippen LogP contribution < -0.4 is 10.6 Å². The summed E-state index contributed by atoms with van der Waals surface area (Å²) in [6, 6.07) is 7.88. The van der Waals surface area contributed by atoms with Crippen molar-refractivity contribution < 1.29 is 18.8 Å². The highest BCUT2D eigenvalue weighted by Crippen LogP contribution is 2.26. The quantitative estimate of drug-likeness (QED) is 0.720. The van der Waals surface area contributed by atoms with Crippen molar-refractivity contribution in [1.29, 1.82) is 0 Å². The summed E-state index contributed by atoms with van der Waals surface area (Å²) in [7, 11) is 0. The molecule has 1 aliphatic heterocycles. The number of hydrogen-bond donors (Lipinski definition) is 2. The van der Waals surface area contributed by atoms with Gasteiger partial charge in [0.15, 0.2) is 0 Å². The van der Waals surface area contributed by atoms with Gasteiger partial charge in [0.1, 0.15) is 11.5 Å². The van der Waals surface area contributed by atoms with Crippen molar-refractivity contribution in [2.75, 3.05) is 13.1 Å². The van der Waals surface area contributed by atoms with Crippen LogP contribution in [-0.2, 0) is 9.63 Å². The maximum absolute atomic E-state index is 13.5. The van der Waals surface area contributed by atoms with Gasteiger partial charge in [-0.1, -0.05) is 22.8 Å². The molecule has 2 aromatic rings. The Balaban J connectivity index is 1.40. The largest absolute Gasteiger partial charge is 0.382 e. The van der Waals surface area contributed by atoms with Crippen molar-refractivity contribution in [3.8, 4) is 0 Å². The SMILES string of the molecule is Cc1ccc(C(=O)NCCNC(=O)[C@H]2CC(c3ccc(Cl)s3)=NO2)cc1F. The first-order chi connectivity index (χ1) is 12.9. The first-order valence-corrected chi connectivity index (χ1v) is 9.44. The number of benzene rings is 1. The molecule has 0 aliphatic carbocycles. The number of oxime groups is 1. The van der Waals surface area contributed by atoms with Crippen LogP contribution >= 0.6 is 22.9 Å². The smallest absolute Gasteiger partial charge is 0.264 e. The molecule has 1 aromatic heterocycles. The van der Waals surface area contributed by atoms with Gasteiger partial charge in [-0.25, -0.2) is 4.39 Å². The van der Waals surface area contributed by atoms with Gasteiger partial charge >= 0.3 is 0 Å². The Kier molecular flexibility index (Phi) is 6.08. The molecule has 0 bridgehead atoms. The third kappa shape index (κ3) is 4.84. The number of carbonyl (C=O) groups excluding carboxylic acids is 2.